The molecule has 6 nitrogen and oxygen atoms in total. The molecule has 2 rings (SSSR count). The first-order valence-corrected chi connectivity index (χ1v) is 7.74. The summed E-state index contributed by atoms with van der Waals surface area (Å²) in [5.41, 5.74) is 0. The molecule has 0 spiro atoms. The highest BCUT2D eigenvalue weighted by Gasteiger charge is 2.40. The molecule has 0 amide bonds. The lowest BCUT2D eigenvalue weighted by molar-refractivity contribution is 0.0927. The maximum Gasteiger partial charge on any atom is 0.488 e. The highest BCUT2D eigenvalue weighted by Crippen LogP contribution is 2.07. The number of rotatable bonds is 3. The van der Waals surface area contributed by atoms with Crippen LogP contribution >= 0.6 is 0 Å². The molecule has 114 valence electrons. The molecule has 0 bridgehead atoms. The van der Waals surface area contributed by atoms with Gasteiger partial charge in [0.05, 0.1) is 0 Å². The molecule has 2 aliphatic heterocycles. The van der Waals surface area contributed by atoms with E-state index in [-0.39, 0.29) is 0 Å². The van der Waals surface area contributed by atoms with Gasteiger partial charge in [-0.1, -0.05) is 13.8 Å². The molecule has 0 aliphatic carbocycles. The summed E-state index contributed by atoms with van der Waals surface area (Å²) in [5, 5.41) is 0. The van der Waals surface area contributed by atoms with Gasteiger partial charge in [-0.05, 0) is 13.1 Å². The van der Waals surface area contributed by atoms with Gasteiger partial charge in [-0.15, -0.1) is 0 Å². The maximum absolute atomic E-state index is 5.78. The van der Waals surface area contributed by atoms with Crippen LogP contribution in [0.1, 0.15) is 13.8 Å². The Kier molecular flexibility index (Phi) is 7.33. The van der Waals surface area contributed by atoms with Crippen molar-refractivity contribution in [1.29, 1.82) is 0 Å². The zero-order valence-corrected chi connectivity index (χ0v) is 12.8. The molecule has 2 saturated heterocycles. The lowest BCUT2D eigenvalue weighted by Gasteiger charge is -2.30. The van der Waals surface area contributed by atoms with Gasteiger partial charge < -0.3 is 18.6 Å². The Hall–Kier alpha value is -0.110. The molecule has 0 radical (unpaired) electrons. The van der Waals surface area contributed by atoms with Crippen molar-refractivity contribution >= 4 is 14.0 Å². The van der Waals surface area contributed by atoms with Gasteiger partial charge in [0.15, 0.2) is 0 Å². The van der Waals surface area contributed by atoms with Gasteiger partial charge in [0.25, 0.3) is 0 Å². The normalized spacial score (nSPS) is 24.9. The van der Waals surface area contributed by atoms with Crippen molar-refractivity contribution in [2.24, 2.45) is 0 Å². The summed E-state index contributed by atoms with van der Waals surface area (Å²) in [5.74, 6) is 0. The quantitative estimate of drug-likeness (QED) is 0.667. The zero-order chi connectivity index (χ0) is 14.2. The van der Waals surface area contributed by atoms with E-state index in [2.05, 4.69) is 23.6 Å². The Morgan fingerprint density at radius 1 is 0.650 bits per heavy atom. The maximum atomic E-state index is 5.78. The average molecular weight is 284 g/mol. The van der Waals surface area contributed by atoms with Crippen molar-refractivity contribution in [3.8, 4) is 0 Å². The van der Waals surface area contributed by atoms with E-state index in [4.69, 9.17) is 18.6 Å². The minimum Gasteiger partial charge on any atom is -0.412 e. The second kappa shape index (κ2) is 9.02. The van der Waals surface area contributed by atoms with Crippen molar-refractivity contribution in [2.75, 3.05) is 65.7 Å². The molecule has 0 unspecified atom stereocenters. The molecular weight excluding hydrogens is 258 g/mol. The molecule has 0 aromatic carbocycles. The first kappa shape index (κ1) is 16.3. The van der Waals surface area contributed by atoms with E-state index in [0.717, 1.165) is 39.3 Å². The van der Waals surface area contributed by atoms with Crippen LogP contribution in [0, 0.1) is 0 Å². The van der Waals surface area contributed by atoms with E-state index in [1.807, 2.05) is 0 Å². The second-order valence-electron chi connectivity index (χ2n) is 5.09. The Labute approximate surface area is 122 Å². The standard InChI is InChI=1S/C12H26B2N2O4/c1-3-15-5-9-17-13(18-10-6-15)14-19-11-7-16(4-2)8-12-20-14/h3-12H2,1-2H3. The molecular formula is C12H26B2N2O4. The minimum atomic E-state index is -0.401. The van der Waals surface area contributed by atoms with Crippen LogP contribution in [0.15, 0.2) is 0 Å². The molecule has 20 heavy (non-hydrogen) atoms. The summed E-state index contributed by atoms with van der Waals surface area (Å²) in [6.07, 6.45) is 0. The van der Waals surface area contributed by atoms with Crippen LogP contribution < -0.4 is 0 Å². The number of nitrogens with zero attached hydrogens (tertiary/aromatic N) is 2. The molecule has 2 aliphatic rings. The van der Waals surface area contributed by atoms with E-state index in [9.17, 15) is 0 Å². The Bertz CT molecular complexity index is 230. The number of likely N-dealkylation sites (N-methyl/N-ethyl adjacent to an activating group) is 2. The summed E-state index contributed by atoms with van der Waals surface area (Å²) < 4.78 is 23.1. The van der Waals surface area contributed by atoms with E-state index in [1.54, 1.807) is 0 Å². The van der Waals surface area contributed by atoms with Crippen LogP contribution in [-0.2, 0) is 18.6 Å². The van der Waals surface area contributed by atoms with E-state index in [0.29, 0.717) is 26.4 Å². The Morgan fingerprint density at radius 3 is 1.20 bits per heavy atom. The van der Waals surface area contributed by atoms with Crippen LogP contribution in [0.3, 0.4) is 0 Å². The van der Waals surface area contributed by atoms with Crippen LogP contribution in [0.25, 0.3) is 0 Å². The number of hydrogen-bond donors (Lipinski definition) is 0. The summed E-state index contributed by atoms with van der Waals surface area (Å²) in [6.45, 7) is 12.7. The summed E-state index contributed by atoms with van der Waals surface area (Å²) in [7, 11) is -0.802. The molecule has 0 aromatic rings. The zero-order valence-electron chi connectivity index (χ0n) is 12.8. The van der Waals surface area contributed by atoms with Crippen molar-refractivity contribution in [3.05, 3.63) is 0 Å². The second-order valence-corrected chi connectivity index (χ2v) is 5.09. The highest BCUT2D eigenvalue weighted by atomic mass is 16.6. The fraction of sp³-hybridized carbons (Fsp3) is 1.00. The van der Waals surface area contributed by atoms with Gasteiger partial charge in [-0.25, -0.2) is 0 Å². The molecule has 2 fully saturated rings. The minimum absolute atomic E-state index is 0.401. The van der Waals surface area contributed by atoms with Crippen LogP contribution in [0.4, 0.5) is 0 Å². The van der Waals surface area contributed by atoms with E-state index in [1.165, 1.54) is 0 Å². The van der Waals surface area contributed by atoms with Crippen LogP contribution in [0.2, 0.25) is 0 Å². The van der Waals surface area contributed by atoms with E-state index >= 15 is 0 Å². The predicted molar refractivity (Wildman–Crippen MR) is 79.5 cm³/mol. The van der Waals surface area contributed by atoms with Gasteiger partial charge in [-0.3, -0.25) is 9.80 Å². The van der Waals surface area contributed by atoms with Crippen LogP contribution in [-0.4, -0.2) is 89.5 Å². The van der Waals surface area contributed by atoms with Gasteiger partial charge in [0.1, 0.15) is 0 Å². The Morgan fingerprint density at radius 2 is 0.950 bits per heavy atom. The topological polar surface area (TPSA) is 43.4 Å². The van der Waals surface area contributed by atoms with Crippen LogP contribution in [0.5, 0.6) is 0 Å². The van der Waals surface area contributed by atoms with Gasteiger partial charge in [0, 0.05) is 52.6 Å². The van der Waals surface area contributed by atoms with Gasteiger partial charge in [0.2, 0.25) is 0 Å². The van der Waals surface area contributed by atoms with Crippen molar-refractivity contribution in [3.63, 3.8) is 0 Å². The van der Waals surface area contributed by atoms with Gasteiger partial charge in [-0.2, -0.15) is 0 Å². The molecule has 2 heterocycles. The smallest absolute Gasteiger partial charge is 0.412 e. The molecule has 0 saturated carbocycles. The van der Waals surface area contributed by atoms with Crippen molar-refractivity contribution < 1.29 is 18.6 Å². The lowest BCUT2D eigenvalue weighted by Crippen LogP contribution is -2.52. The van der Waals surface area contributed by atoms with Crippen molar-refractivity contribution in [1.82, 2.24) is 9.80 Å². The lowest BCUT2D eigenvalue weighted by atomic mass is 9.48. The summed E-state index contributed by atoms with van der Waals surface area (Å²) in [6, 6.07) is 0. The molecule has 0 atom stereocenters. The largest absolute Gasteiger partial charge is 0.488 e. The first-order chi connectivity index (χ1) is 9.83. The predicted octanol–water partition coefficient (Wildman–Crippen LogP) is -0.221. The monoisotopic (exact) mass is 284 g/mol. The highest BCUT2D eigenvalue weighted by molar-refractivity contribution is 7.10. The first-order valence-electron chi connectivity index (χ1n) is 7.74. The molecule has 0 N–H and O–H groups in total. The third-order valence-electron chi connectivity index (χ3n) is 3.88. The summed E-state index contributed by atoms with van der Waals surface area (Å²) >= 11 is 0. The summed E-state index contributed by atoms with van der Waals surface area (Å²) in [4.78, 5) is 4.63. The third-order valence-corrected chi connectivity index (χ3v) is 3.88. The number of hydrogen-bond acceptors (Lipinski definition) is 6. The van der Waals surface area contributed by atoms with Gasteiger partial charge >= 0.3 is 14.0 Å². The third kappa shape index (κ3) is 5.02. The van der Waals surface area contributed by atoms with Crippen molar-refractivity contribution in [2.45, 2.75) is 13.8 Å². The average Bonchev–Trinajstić information content (AvgIpc) is 2.40. The fourth-order valence-corrected chi connectivity index (χ4v) is 2.46. The molecule has 0 aromatic heterocycles. The SMILES string of the molecule is CCN1CCOB(B2OCCN(CC)CCO2)OCC1. The Balaban J connectivity index is 1.78. The fourth-order valence-electron chi connectivity index (χ4n) is 2.46. The van der Waals surface area contributed by atoms with E-state index < -0.39 is 14.0 Å². The molecule has 8 heteroatoms.